The van der Waals surface area contributed by atoms with Gasteiger partial charge in [-0.2, -0.15) is 0 Å². The molecule has 1 fully saturated rings. The van der Waals surface area contributed by atoms with E-state index in [0.29, 0.717) is 22.4 Å². The van der Waals surface area contributed by atoms with Gasteiger partial charge in [-0.25, -0.2) is 0 Å². The molecule has 1 aromatic heterocycles. The van der Waals surface area contributed by atoms with Crippen LogP contribution in [0.1, 0.15) is 23.2 Å². The number of carbonyl (C=O) groups is 2. The van der Waals surface area contributed by atoms with Gasteiger partial charge in [-0.1, -0.05) is 17.8 Å². The van der Waals surface area contributed by atoms with E-state index in [2.05, 4.69) is 15.5 Å². The normalized spacial score (nSPS) is 13.3. The highest BCUT2D eigenvalue weighted by atomic mass is 32.2. The number of anilines is 1. The number of amides is 2. The number of ether oxygens (including phenoxy) is 1. The zero-order chi connectivity index (χ0) is 21.6. The number of nitrogens with one attached hydrogen (secondary N) is 1. The SMILES string of the molecule is COc1ccc(-c2nnc(SCC(=O)Nc3cccc(C(=O)N4CCCC4)c3)o2)cc1. The zero-order valence-electron chi connectivity index (χ0n) is 17.0. The fourth-order valence-corrected chi connectivity index (χ4v) is 3.84. The molecule has 0 unspecified atom stereocenters. The van der Waals surface area contributed by atoms with Gasteiger partial charge in [-0.05, 0) is 55.3 Å². The second kappa shape index (κ2) is 9.65. The van der Waals surface area contributed by atoms with Crippen molar-refractivity contribution in [1.29, 1.82) is 0 Å². The van der Waals surface area contributed by atoms with E-state index in [0.717, 1.165) is 49.0 Å². The minimum Gasteiger partial charge on any atom is -0.497 e. The Labute approximate surface area is 184 Å². The molecule has 160 valence electrons. The summed E-state index contributed by atoms with van der Waals surface area (Å²) in [6.07, 6.45) is 2.07. The van der Waals surface area contributed by atoms with E-state index in [1.165, 1.54) is 0 Å². The van der Waals surface area contributed by atoms with Crippen LogP contribution in [0.15, 0.2) is 58.2 Å². The average molecular weight is 439 g/mol. The first-order valence-electron chi connectivity index (χ1n) is 9.92. The lowest BCUT2D eigenvalue weighted by Crippen LogP contribution is -2.27. The molecule has 9 heteroatoms. The van der Waals surface area contributed by atoms with Crippen LogP contribution in [0.5, 0.6) is 5.75 Å². The number of hydrogen-bond donors (Lipinski definition) is 1. The number of thioether (sulfide) groups is 1. The summed E-state index contributed by atoms with van der Waals surface area (Å²) in [7, 11) is 1.60. The van der Waals surface area contributed by atoms with E-state index in [-0.39, 0.29) is 17.6 Å². The van der Waals surface area contributed by atoms with E-state index in [9.17, 15) is 9.59 Å². The number of carbonyl (C=O) groups excluding carboxylic acids is 2. The second-order valence-electron chi connectivity index (χ2n) is 7.02. The lowest BCUT2D eigenvalue weighted by molar-refractivity contribution is -0.113. The maximum Gasteiger partial charge on any atom is 0.277 e. The standard InChI is InChI=1S/C22H22N4O4S/c1-29-18-9-7-15(8-10-18)20-24-25-22(30-20)31-14-19(27)23-17-6-4-5-16(13-17)21(28)26-11-2-3-12-26/h4-10,13H,2-3,11-12,14H2,1H3,(H,23,27). The number of benzene rings is 2. The Morgan fingerprint density at radius 1 is 1.13 bits per heavy atom. The lowest BCUT2D eigenvalue weighted by atomic mass is 10.1. The Balaban J connectivity index is 1.32. The molecule has 0 aliphatic carbocycles. The van der Waals surface area contributed by atoms with Gasteiger partial charge in [0.2, 0.25) is 11.8 Å². The minimum atomic E-state index is -0.222. The summed E-state index contributed by atoms with van der Waals surface area (Å²) in [5.41, 5.74) is 1.93. The second-order valence-corrected chi connectivity index (χ2v) is 7.95. The first-order chi connectivity index (χ1) is 15.1. The van der Waals surface area contributed by atoms with Crippen molar-refractivity contribution in [2.75, 3.05) is 31.3 Å². The van der Waals surface area contributed by atoms with Gasteiger partial charge in [-0.3, -0.25) is 9.59 Å². The van der Waals surface area contributed by atoms with Crippen LogP contribution in [0, 0.1) is 0 Å². The van der Waals surface area contributed by atoms with E-state index >= 15 is 0 Å². The highest BCUT2D eigenvalue weighted by Gasteiger charge is 2.19. The number of likely N-dealkylation sites (tertiary alicyclic amines) is 1. The summed E-state index contributed by atoms with van der Waals surface area (Å²) in [5.74, 6) is 0.994. The van der Waals surface area contributed by atoms with Crippen molar-refractivity contribution < 1.29 is 18.7 Å². The molecular weight excluding hydrogens is 416 g/mol. The first-order valence-corrected chi connectivity index (χ1v) is 10.9. The van der Waals surface area contributed by atoms with Gasteiger partial charge in [0.05, 0.1) is 12.9 Å². The molecule has 1 saturated heterocycles. The van der Waals surface area contributed by atoms with Crippen molar-refractivity contribution in [2.45, 2.75) is 18.1 Å². The Morgan fingerprint density at radius 2 is 1.90 bits per heavy atom. The van der Waals surface area contributed by atoms with Crippen LogP contribution in [-0.2, 0) is 4.79 Å². The predicted molar refractivity (Wildman–Crippen MR) is 117 cm³/mol. The van der Waals surface area contributed by atoms with Crippen LogP contribution in [0.25, 0.3) is 11.5 Å². The Hall–Kier alpha value is -3.33. The molecule has 0 spiro atoms. The van der Waals surface area contributed by atoms with Gasteiger partial charge in [0.1, 0.15) is 5.75 Å². The number of methoxy groups -OCH3 is 1. The number of aromatic nitrogens is 2. The molecule has 0 saturated carbocycles. The monoisotopic (exact) mass is 438 g/mol. The smallest absolute Gasteiger partial charge is 0.277 e. The van der Waals surface area contributed by atoms with Crippen LogP contribution < -0.4 is 10.1 Å². The third kappa shape index (κ3) is 5.24. The van der Waals surface area contributed by atoms with E-state index in [1.54, 1.807) is 31.4 Å². The zero-order valence-corrected chi connectivity index (χ0v) is 17.9. The largest absolute Gasteiger partial charge is 0.497 e. The molecule has 0 bridgehead atoms. The molecule has 31 heavy (non-hydrogen) atoms. The third-order valence-corrected chi connectivity index (χ3v) is 5.68. The van der Waals surface area contributed by atoms with Crippen LogP contribution in [0.4, 0.5) is 5.69 Å². The molecule has 1 aliphatic rings. The maximum atomic E-state index is 12.5. The molecule has 1 aliphatic heterocycles. The van der Waals surface area contributed by atoms with Crippen LogP contribution in [0.2, 0.25) is 0 Å². The Morgan fingerprint density at radius 3 is 2.65 bits per heavy atom. The van der Waals surface area contributed by atoms with Gasteiger partial charge in [0.15, 0.2) is 0 Å². The summed E-state index contributed by atoms with van der Waals surface area (Å²) in [6.45, 7) is 1.57. The lowest BCUT2D eigenvalue weighted by Gasteiger charge is -2.15. The average Bonchev–Trinajstić information content (AvgIpc) is 3.50. The molecule has 1 N–H and O–H groups in total. The molecule has 8 nitrogen and oxygen atoms in total. The number of hydrogen-bond acceptors (Lipinski definition) is 7. The molecule has 4 rings (SSSR count). The van der Waals surface area contributed by atoms with Gasteiger partial charge in [0, 0.05) is 29.9 Å². The summed E-state index contributed by atoms with van der Waals surface area (Å²) < 4.78 is 10.8. The van der Waals surface area contributed by atoms with E-state index in [1.807, 2.05) is 29.2 Å². The van der Waals surface area contributed by atoms with Crippen LogP contribution in [0.3, 0.4) is 0 Å². The molecular formula is C22H22N4O4S. The summed E-state index contributed by atoms with van der Waals surface area (Å²) >= 11 is 1.15. The summed E-state index contributed by atoms with van der Waals surface area (Å²) in [5, 5.41) is 11.1. The summed E-state index contributed by atoms with van der Waals surface area (Å²) in [6, 6.07) is 14.3. The highest BCUT2D eigenvalue weighted by molar-refractivity contribution is 7.99. The number of nitrogens with zero attached hydrogens (tertiary/aromatic N) is 3. The topological polar surface area (TPSA) is 97.6 Å². The fraction of sp³-hybridized carbons (Fsp3) is 0.273. The van der Waals surface area contributed by atoms with Gasteiger partial charge in [0.25, 0.3) is 11.1 Å². The minimum absolute atomic E-state index is 0.0000970. The van der Waals surface area contributed by atoms with Crippen molar-refractivity contribution >= 4 is 29.3 Å². The predicted octanol–water partition coefficient (Wildman–Crippen LogP) is 3.71. The van der Waals surface area contributed by atoms with Crippen LogP contribution >= 0.6 is 11.8 Å². The molecule has 0 atom stereocenters. The van der Waals surface area contributed by atoms with Gasteiger partial charge in [-0.15, -0.1) is 10.2 Å². The quantitative estimate of drug-likeness (QED) is 0.562. The van der Waals surface area contributed by atoms with Crippen molar-refractivity contribution in [2.24, 2.45) is 0 Å². The Bertz CT molecular complexity index is 1060. The third-order valence-electron chi connectivity index (χ3n) is 4.86. The van der Waals surface area contributed by atoms with Crippen molar-refractivity contribution in [3.63, 3.8) is 0 Å². The van der Waals surface area contributed by atoms with Crippen molar-refractivity contribution in [3.05, 3.63) is 54.1 Å². The Kier molecular flexibility index (Phi) is 6.51. The van der Waals surface area contributed by atoms with Crippen molar-refractivity contribution in [1.82, 2.24) is 15.1 Å². The highest BCUT2D eigenvalue weighted by Crippen LogP contribution is 2.25. The number of rotatable bonds is 7. The van der Waals surface area contributed by atoms with E-state index in [4.69, 9.17) is 9.15 Å². The van der Waals surface area contributed by atoms with Crippen molar-refractivity contribution in [3.8, 4) is 17.2 Å². The molecule has 3 aromatic rings. The van der Waals surface area contributed by atoms with Crippen LogP contribution in [-0.4, -0.2) is 52.9 Å². The van der Waals surface area contributed by atoms with Gasteiger partial charge < -0.3 is 19.4 Å². The fourth-order valence-electron chi connectivity index (χ4n) is 3.28. The molecule has 2 aromatic carbocycles. The van der Waals surface area contributed by atoms with Gasteiger partial charge >= 0.3 is 0 Å². The summed E-state index contributed by atoms with van der Waals surface area (Å²) in [4.78, 5) is 26.7. The van der Waals surface area contributed by atoms with E-state index < -0.39 is 0 Å². The molecule has 2 heterocycles. The maximum absolute atomic E-state index is 12.5. The molecule has 2 amide bonds. The molecule has 0 radical (unpaired) electrons. The first kappa shape index (κ1) is 20.9.